The first-order chi connectivity index (χ1) is 7.70. The number of aromatic nitrogens is 2. The van der Waals surface area contributed by atoms with Crippen molar-refractivity contribution in [3.05, 3.63) is 5.82 Å². The number of nitrogens with zero attached hydrogens (tertiary/aromatic N) is 3. The summed E-state index contributed by atoms with van der Waals surface area (Å²) in [6.07, 6.45) is 3.78. The summed E-state index contributed by atoms with van der Waals surface area (Å²) in [6.45, 7) is 8.54. The lowest BCUT2D eigenvalue weighted by molar-refractivity contribution is 0.355. The summed E-state index contributed by atoms with van der Waals surface area (Å²) in [7, 11) is 0. The van der Waals surface area contributed by atoms with Gasteiger partial charge in [-0.1, -0.05) is 32.3 Å². The summed E-state index contributed by atoms with van der Waals surface area (Å²) < 4.78 is 5.30. The first kappa shape index (κ1) is 11.4. The summed E-state index contributed by atoms with van der Waals surface area (Å²) in [5.41, 5.74) is 0. The zero-order valence-corrected chi connectivity index (χ0v) is 10.4. The highest BCUT2D eigenvalue weighted by molar-refractivity contribution is 5.26. The van der Waals surface area contributed by atoms with Gasteiger partial charge in [0.1, 0.15) is 0 Å². The van der Waals surface area contributed by atoms with Crippen LogP contribution in [0.5, 0.6) is 0 Å². The molecule has 2 rings (SSSR count). The van der Waals surface area contributed by atoms with Crippen molar-refractivity contribution < 1.29 is 4.52 Å². The summed E-state index contributed by atoms with van der Waals surface area (Å²) in [4.78, 5) is 6.65. The second-order valence-corrected chi connectivity index (χ2v) is 4.93. The van der Waals surface area contributed by atoms with Crippen molar-refractivity contribution in [1.29, 1.82) is 0 Å². The van der Waals surface area contributed by atoms with Crippen LogP contribution in [0.1, 0.15) is 51.8 Å². The van der Waals surface area contributed by atoms with E-state index >= 15 is 0 Å². The standard InChI is InChI=1S/C12H21N3O/c1-4-10-5-7-15(8-6-10)12-13-11(9(2)3)14-16-12/h9-10H,4-8H2,1-3H3. The van der Waals surface area contributed by atoms with Crippen LogP contribution < -0.4 is 4.90 Å². The van der Waals surface area contributed by atoms with Crippen molar-refractivity contribution in [1.82, 2.24) is 10.1 Å². The maximum atomic E-state index is 5.30. The lowest BCUT2D eigenvalue weighted by Crippen LogP contribution is -2.33. The largest absolute Gasteiger partial charge is 0.324 e. The monoisotopic (exact) mass is 223 g/mol. The van der Waals surface area contributed by atoms with Crippen LogP contribution in [0.3, 0.4) is 0 Å². The molecule has 0 N–H and O–H groups in total. The Labute approximate surface area is 97.0 Å². The minimum Gasteiger partial charge on any atom is -0.324 e. The fourth-order valence-electron chi connectivity index (χ4n) is 2.12. The Hall–Kier alpha value is -1.06. The molecule has 0 spiro atoms. The van der Waals surface area contributed by atoms with Crippen LogP contribution in [0.25, 0.3) is 0 Å². The van der Waals surface area contributed by atoms with Gasteiger partial charge in [0.2, 0.25) is 0 Å². The highest BCUT2D eigenvalue weighted by atomic mass is 16.5. The molecule has 4 heteroatoms. The van der Waals surface area contributed by atoms with Gasteiger partial charge in [-0.15, -0.1) is 0 Å². The molecule has 1 aromatic heterocycles. The fourth-order valence-corrected chi connectivity index (χ4v) is 2.12. The van der Waals surface area contributed by atoms with Crippen molar-refractivity contribution in [2.45, 2.75) is 46.0 Å². The van der Waals surface area contributed by atoms with Crippen molar-refractivity contribution in [2.75, 3.05) is 18.0 Å². The van der Waals surface area contributed by atoms with E-state index in [9.17, 15) is 0 Å². The third kappa shape index (κ3) is 2.36. The maximum absolute atomic E-state index is 5.30. The number of anilines is 1. The van der Waals surface area contributed by atoms with E-state index < -0.39 is 0 Å². The van der Waals surface area contributed by atoms with E-state index in [0.717, 1.165) is 24.8 Å². The lowest BCUT2D eigenvalue weighted by atomic mass is 9.95. The molecule has 1 saturated heterocycles. The molecule has 0 unspecified atom stereocenters. The molecule has 0 amide bonds. The molecule has 0 aliphatic carbocycles. The quantitative estimate of drug-likeness (QED) is 0.790. The second-order valence-electron chi connectivity index (χ2n) is 4.93. The van der Waals surface area contributed by atoms with Gasteiger partial charge in [-0.05, 0) is 18.8 Å². The number of rotatable bonds is 3. The van der Waals surface area contributed by atoms with Gasteiger partial charge in [0.15, 0.2) is 5.82 Å². The first-order valence-electron chi connectivity index (χ1n) is 6.29. The van der Waals surface area contributed by atoms with E-state index in [1.165, 1.54) is 19.3 Å². The molecule has 1 aliphatic rings. The Morgan fingerprint density at radius 2 is 2.06 bits per heavy atom. The Balaban J connectivity index is 1.97. The molecular formula is C12H21N3O. The molecule has 1 aliphatic heterocycles. The molecule has 0 radical (unpaired) electrons. The smallest absolute Gasteiger partial charge is 0.324 e. The molecule has 0 aromatic carbocycles. The summed E-state index contributed by atoms with van der Waals surface area (Å²) in [5.74, 6) is 2.03. The van der Waals surface area contributed by atoms with Gasteiger partial charge in [-0.25, -0.2) is 0 Å². The average molecular weight is 223 g/mol. The van der Waals surface area contributed by atoms with Gasteiger partial charge in [0, 0.05) is 19.0 Å². The van der Waals surface area contributed by atoms with Gasteiger partial charge in [-0.3, -0.25) is 0 Å². The zero-order chi connectivity index (χ0) is 11.5. The van der Waals surface area contributed by atoms with Gasteiger partial charge in [0.25, 0.3) is 0 Å². The molecule has 0 atom stereocenters. The molecule has 90 valence electrons. The van der Waals surface area contributed by atoms with E-state index in [0.29, 0.717) is 11.9 Å². The third-order valence-electron chi connectivity index (χ3n) is 3.41. The van der Waals surface area contributed by atoms with Crippen LogP contribution in [-0.2, 0) is 0 Å². The van der Waals surface area contributed by atoms with E-state index in [2.05, 4.69) is 35.8 Å². The lowest BCUT2D eigenvalue weighted by Gasteiger charge is -2.29. The van der Waals surface area contributed by atoms with Gasteiger partial charge in [0.05, 0.1) is 0 Å². The summed E-state index contributed by atoms with van der Waals surface area (Å²) >= 11 is 0. The number of hydrogen-bond donors (Lipinski definition) is 0. The van der Waals surface area contributed by atoms with E-state index in [4.69, 9.17) is 4.52 Å². The van der Waals surface area contributed by atoms with Gasteiger partial charge >= 0.3 is 6.01 Å². The number of piperidine rings is 1. The molecule has 1 fully saturated rings. The molecule has 2 heterocycles. The Bertz CT molecular complexity index is 327. The van der Waals surface area contributed by atoms with Crippen LogP contribution in [0.4, 0.5) is 6.01 Å². The van der Waals surface area contributed by atoms with Crippen LogP contribution in [-0.4, -0.2) is 23.2 Å². The summed E-state index contributed by atoms with van der Waals surface area (Å²) in [5, 5.41) is 4.00. The van der Waals surface area contributed by atoms with Crippen molar-refractivity contribution in [3.8, 4) is 0 Å². The molecule has 0 bridgehead atoms. The first-order valence-corrected chi connectivity index (χ1v) is 6.29. The van der Waals surface area contributed by atoms with Crippen molar-refractivity contribution in [3.63, 3.8) is 0 Å². The van der Waals surface area contributed by atoms with Crippen molar-refractivity contribution >= 4 is 6.01 Å². The zero-order valence-electron chi connectivity index (χ0n) is 10.4. The maximum Gasteiger partial charge on any atom is 0.324 e. The van der Waals surface area contributed by atoms with Crippen LogP contribution >= 0.6 is 0 Å². The average Bonchev–Trinajstić information content (AvgIpc) is 2.78. The Morgan fingerprint density at radius 1 is 1.38 bits per heavy atom. The van der Waals surface area contributed by atoms with E-state index in [1.54, 1.807) is 0 Å². The summed E-state index contributed by atoms with van der Waals surface area (Å²) in [6, 6.07) is 0.707. The minimum atomic E-state index is 0.339. The van der Waals surface area contributed by atoms with Crippen LogP contribution in [0.2, 0.25) is 0 Å². The molecule has 1 aromatic rings. The topological polar surface area (TPSA) is 42.2 Å². The van der Waals surface area contributed by atoms with Crippen LogP contribution in [0, 0.1) is 5.92 Å². The Kier molecular flexibility index (Phi) is 3.46. The molecule has 16 heavy (non-hydrogen) atoms. The van der Waals surface area contributed by atoms with Crippen LogP contribution in [0.15, 0.2) is 4.52 Å². The fraction of sp³-hybridized carbons (Fsp3) is 0.833. The minimum absolute atomic E-state index is 0.339. The second kappa shape index (κ2) is 4.85. The predicted octanol–water partition coefficient (Wildman–Crippen LogP) is 2.82. The molecule has 0 saturated carbocycles. The van der Waals surface area contributed by atoms with Gasteiger partial charge < -0.3 is 9.42 Å². The highest BCUT2D eigenvalue weighted by Crippen LogP contribution is 2.24. The number of hydrogen-bond acceptors (Lipinski definition) is 4. The SMILES string of the molecule is CCC1CCN(c2nc(C(C)C)no2)CC1. The molecule has 4 nitrogen and oxygen atoms in total. The Morgan fingerprint density at radius 3 is 2.56 bits per heavy atom. The van der Waals surface area contributed by atoms with Crippen molar-refractivity contribution in [2.24, 2.45) is 5.92 Å². The van der Waals surface area contributed by atoms with E-state index in [1.807, 2.05) is 0 Å². The molecular weight excluding hydrogens is 202 g/mol. The highest BCUT2D eigenvalue weighted by Gasteiger charge is 2.22. The predicted molar refractivity (Wildman–Crippen MR) is 63.6 cm³/mol. The van der Waals surface area contributed by atoms with Gasteiger partial charge in [-0.2, -0.15) is 4.98 Å². The van der Waals surface area contributed by atoms with E-state index in [-0.39, 0.29) is 0 Å². The normalized spacial score (nSPS) is 18.4. The third-order valence-corrected chi connectivity index (χ3v) is 3.41.